The van der Waals surface area contributed by atoms with Crippen LogP contribution >= 0.6 is 0 Å². The molecule has 0 N–H and O–H groups in total. The van der Waals surface area contributed by atoms with Crippen molar-refractivity contribution in [2.45, 2.75) is 45.6 Å². The maximum Gasteiger partial charge on any atom is 0.293 e. The molecular formula is C8H16O2. The zero-order valence-corrected chi connectivity index (χ0v) is 7.02. The van der Waals surface area contributed by atoms with E-state index in [1.54, 1.807) is 0 Å². The Balaban J connectivity index is 4.00. The molecule has 0 bridgehead atoms. The van der Waals surface area contributed by atoms with Crippen molar-refractivity contribution in [3.63, 3.8) is 0 Å². The van der Waals surface area contributed by atoms with Crippen molar-refractivity contribution >= 4 is 6.47 Å². The molecule has 0 aliphatic rings. The number of carbonyl (C=O) groups excluding carboxylic acids is 1. The summed E-state index contributed by atoms with van der Waals surface area (Å²) in [4.78, 5) is 10.1. The highest BCUT2D eigenvalue weighted by molar-refractivity contribution is 5.38. The summed E-state index contributed by atoms with van der Waals surface area (Å²) in [7, 11) is 0. The highest BCUT2D eigenvalue weighted by Gasteiger charge is 2.24. The van der Waals surface area contributed by atoms with Crippen LogP contribution in [-0.2, 0) is 9.53 Å². The molecule has 0 fully saturated rings. The lowest BCUT2D eigenvalue weighted by molar-refractivity contribution is -0.144. The molecule has 0 saturated carbocycles. The smallest absolute Gasteiger partial charge is 0.293 e. The van der Waals surface area contributed by atoms with Crippen molar-refractivity contribution < 1.29 is 9.53 Å². The van der Waals surface area contributed by atoms with Gasteiger partial charge in [-0.3, -0.25) is 4.79 Å². The highest BCUT2D eigenvalue weighted by Crippen LogP contribution is 2.22. The standard InChI is InChI=1S/C8H16O2/c1-4-8(5-2,6-3)10-7-9/h7H,4-6H2,1-3H3. The van der Waals surface area contributed by atoms with Crippen molar-refractivity contribution in [3.8, 4) is 0 Å². The third kappa shape index (κ3) is 2.01. The van der Waals surface area contributed by atoms with E-state index >= 15 is 0 Å². The summed E-state index contributed by atoms with van der Waals surface area (Å²) in [6.45, 7) is 6.67. The molecule has 10 heavy (non-hydrogen) atoms. The van der Waals surface area contributed by atoms with Crippen molar-refractivity contribution in [1.82, 2.24) is 0 Å². The van der Waals surface area contributed by atoms with Crippen LogP contribution in [0.3, 0.4) is 0 Å². The van der Waals surface area contributed by atoms with Crippen LogP contribution in [0.2, 0.25) is 0 Å². The van der Waals surface area contributed by atoms with E-state index in [1.807, 2.05) is 20.8 Å². The van der Waals surface area contributed by atoms with E-state index in [4.69, 9.17) is 4.74 Å². The molecule has 0 radical (unpaired) electrons. The first-order valence-corrected chi connectivity index (χ1v) is 3.86. The summed E-state index contributed by atoms with van der Waals surface area (Å²) in [6.07, 6.45) is 2.70. The van der Waals surface area contributed by atoms with E-state index in [1.165, 1.54) is 0 Å². The van der Waals surface area contributed by atoms with Crippen LogP contribution in [0.1, 0.15) is 40.0 Å². The Morgan fingerprint density at radius 3 is 1.70 bits per heavy atom. The molecule has 0 atom stereocenters. The quantitative estimate of drug-likeness (QED) is 0.552. The predicted octanol–water partition coefficient (Wildman–Crippen LogP) is 2.13. The molecule has 0 rings (SSSR count). The van der Waals surface area contributed by atoms with Gasteiger partial charge in [0, 0.05) is 0 Å². The Morgan fingerprint density at radius 2 is 1.60 bits per heavy atom. The second-order valence-electron chi connectivity index (χ2n) is 2.46. The third-order valence-electron chi connectivity index (χ3n) is 2.23. The molecule has 0 heterocycles. The molecule has 0 saturated heterocycles. The minimum Gasteiger partial charge on any atom is -0.461 e. The fourth-order valence-electron chi connectivity index (χ4n) is 1.10. The summed E-state index contributed by atoms with van der Waals surface area (Å²) >= 11 is 0. The van der Waals surface area contributed by atoms with Gasteiger partial charge in [-0.1, -0.05) is 20.8 Å². The Labute approximate surface area is 62.6 Å². The molecule has 0 amide bonds. The first-order chi connectivity index (χ1) is 4.74. The molecule has 0 spiro atoms. The molecule has 0 unspecified atom stereocenters. The van der Waals surface area contributed by atoms with Gasteiger partial charge < -0.3 is 4.74 Å². The third-order valence-corrected chi connectivity index (χ3v) is 2.23. The van der Waals surface area contributed by atoms with Gasteiger partial charge in [-0.05, 0) is 19.3 Å². The van der Waals surface area contributed by atoms with Crippen molar-refractivity contribution in [3.05, 3.63) is 0 Å². The minimum absolute atomic E-state index is 0.193. The van der Waals surface area contributed by atoms with E-state index < -0.39 is 0 Å². The van der Waals surface area contributed by atoms with Gasteiger partial charge in [0.15, 0.2) is 0 Å². The van der Waals surface area contributed by atoms with E-state index in [0.717, 1.165) is 19.3 Å². The second kappa shape index (κ2) is 4.31. The van der Waals surface area contributed by atoms with Gasteiger partial charge in [0.1, 0.15) is 5.60 Å². The maximum absolute atomic E-state index is 10.1. The van der Waals surface area contributed by atoms with Crippen LogP contribution in [0.15, 0.2) is 0 Å². The molecule has 0 aromatic rings. The Hall–Kier alpha value is -0.530. The lowest BCUT2D eigenvalue weighted by Crippen LogP contribution is -2.29. The first kappa shape index (κ1) is 9.47. The Morgan fingerprint density at radius 1 is 1.20 bits per heavy atom. The van der Waals surface area contributed by atoms with E-state index in [9.17, 15) is 4.79 Å². The van der Waals surface area contributed by atoms with Crippen molar-refractivity contribution in [2.75, 3.05) is 0 Å². The lowest BCUT2D eigenvalue weighted by atomic mass is 9.94. The minimum atomic E-state index is -0.193. The number of hydrogen-bond donors (Lipinski definition) is 0. The molecular weight excluding hydrogens is 128 g/mol. The van der Waals surface area contributed by atoms with Gasteiger partial charge in [0.2, 0.25) is 0 Å². The largest absolute Gasteiger partial charge is 0.461 e. The number of rotatable bonds is 5. The zero-order valence-electron chi connectivity index (χ0n) is 7.02. The average Bonchev–Trinajstić information content (AvgIpc) is 2.01. The zero-order chi connectivity index (χ0) is 8.04. The summed E-state index contributed by atoms with van der Waals surface area (Å²) in [5.74, 6) is 0. The predicted molar refractivity (Wildman–Crippen MR) is 40.8 cm³/mol. The Kier molecular flexibility index (Phi) is 4.08. The van der Waals surface area contributed by atoms with E-state index in [2.05, 4.69) is 0 Å². The molecule has 0 aliphatic carbocycles. The number of ether oxygens (including phenoxy) is 1. The SMILES string of the molecule is CCC(CC)(CC)OC=O. The van der Waals surface area contributed by atoms with Gasteiger partial charge in [-0.25, -0.2) is 0 Å². The van der Waals surface area contributed by atoms with Crippen LogP contribution < -0.4 is 0 Å². The number of carbonyl (C=O) groups is 1. The lowest BCUT2D eigenvalue weighted by Gasteiger charge is -2.27. The van der Waals surface area contributed by atoms with E-state index in [0.29, 0.717) is 6.47 Å². The molecule has 2 nitrogen and oxygen atoms in total. The summed E-state index contributed by atoms with van der Waals surface area (Å²) in [5.41, 5.74) is -0.193. The average molecular weight is 144 g/mol. The van der Waals surface area contributed by atoms with Crippen LogP contribution in [0.4, 0.5) is 0 Å². The highest BCUT2D eigenvalue weighted by atomic mass is 16.5. The molecule has 0 aromatic carbocycles. The van der Waals surface area contributed by atoms with E-state index in [-0.39, 0.29) is 5.60 Å². The molecule has 60 valence electrons. The van der Waals surface area contributed by atoms with Crippen LogP contribution in [-0.4, -0.2) is 12.1 Å². The number of hydrogen-bond acceptors (Lipinski definition) is 2. The fraction of sp³-hybridized carbons (Fsp3) is 0.875. The maximum atomic E-state index is 10.1. The van der Waals surface area contributed by atoms with Gasteiger partial charge >= 0.3 is 0 Å². The summed E-state index contributed by atoms with van der Waals surface area (Å²) < 4.78 is 5.00. The monoisotopic (exact) mass is 144 g/mol. The van der Waals surface area contributed by atoms with Crippen LogP contribution in [0, 0.1) is 0 Å². The molecule has 0 aromatic heterocycles. The second-order valence-corrected chi connectivity index (χ2v) is 2.46. The first-order valence-electron chi connectivity index (χ1n) is 3.86. The van der Waals surface area contributed by atoms with Crippen molar-refractivity contribution in [2.24, 2.45) is 0 Å². The Bertz CT molecular complexity index is 87.2. The summed E-state index contributed by atoms with van der Waals surface area (Å²) in [5, 5.41) is 0. The fourth-order valence-corrected chi connectivity index (χ4v) is 1.10. The molecule has 2 heteroatoms. The topological polar surface area (TPSA) is 26.3 Å². The normalized spacial score (nSPS) is 11.1. The van der Waals surface area contributed by atoms with Gasteiger partial charge in [0.25, 0.3) is 6.47 Å². The summed E-state index contributed by atoms with van der Waals surface area (Å²) in [6, 6.07) is 0. The van der Waals surface area contributed by atoms with Gasteiger partial charge in [0.05, 0.1) is 0 Å². The van der Waals surface area contributed by atoms with Crippen LogP contribution in [0.25, 0.3) is 0 Å². The molecule has 0 aliphatic heterocycles. The van der Waals surface area contributed by atoms with Crippen LogP contribution in [0.5, 0.6) is 0 Å². The van der Waals surface area contributed by atoms with Gasteiger partial charge in [-0.15, -0.1) is 0 Å². The van der Waals surface area contributed by atoms with Crippen molar-refractivity contribution in [1.29, 1.82) is 0 Å². The van der Waals surface area contributed by atoms with Gasteiger partial charge in [-0.2, -0.15) is 0 Å².